The van der Waals surface area contributed by atoms with Crippen molar-refractivity contribution in [2.24, 2.45) is 7.05 Å². The maximum absolute atomic E-state index is 11.8. The first-order valence-electron chi connectivity index (χ1n) is 8.59. The lowest BCUT2D eigenvalue weighted by Gasteiger charge is -2.09. The number of aromatic nitrogens is 3. The molecule has 0 aliphatic carbocycles. The van der Waals surface area contributed by atoms with E-state index < -0.39 is 0 Å². The number of hydrogen-bond acceptors (Lipinski definition) is 4. The van der Waals surface area contributed by atoms with Crippen LogP contribution in [0.3, 0.4) is 0 Å². The molecule has 0 bridgehead atoms. The van der Waals surface area contributed by atoms with Crippen molar-refractivity contribution in [3.63, 3.8) is 0 Å². The van der Waals surface area contributed by atoms with Gasteiger partial charge in [-0.15, -0.1) is 0 Å². The normalized spacial score (nSPS) is 10.9. The molecule has 26 heavy (non-hydrogen) atoms. The molecule has 2 aromatic heterocycles. The van der Waals surface area contributed by atoms with E-state index in [0.29, 0.717) is 13.1 Å². The maximum atomic E-state index is 11.8. The fourth-order valence-corrected chi connectivity index (χ4v) is 3.02. The summed E-state index contributed by atoms with van der Waals surface area (Å²) < 4.78 is 8.87. The Hall–Kier alpha value is -2.86. The summed E-state index contributed by atoms with van der Waals surface area (Å²) in [5.41, 5.74) is 4.36. The molecule has 0 unspecified atom stereocenters. The molecule has 0 aliphatic heterocycles. The highest BCUT2D eigenvalue weighted by molar-refractivity contribution is 5.31. The van der Waals surface area contributed by atoms with E-state index in [1.165, 1.54) is 5.56 Å². The summed E-state index contributed by atoms with van der Waals surface area (Å²) in [7, 11) is 3.54. The van der Waals surface area contributed by atoms with Gasteiger partial charge >= 0.3 is 0 Å². The summed E-state index contributed by atoms with van der Waals surface area (Å²) in [4.78, 5) is 11.8. The molecule has 0 amide bonds. The van der Waals surface area contributed by atoms with Crippen LogP contribution < -0.4 is 15.6 Å². The first-order valence-corrected chi connectivity index (χ1v) is 8.59. The number of aryl methyl sites for hydroxylation is 2. The SMILES string of the molecule is COc1c(CNCc2ccc(Cn3ccccc3=O)cc2)c(C)nn1C. The van der Waals surface area contributed by atoms with Gasteiger partial charge in [0.05, 0.1) is 24.9 Å². The van der Waals surface area contributed by atoms with Gasteiger partial charge in [0.2, 0.25) is 5.88 Å². The van der Waals surface area contributed by atoms with Crippen LogP contribution in [-0.2, 0) is 26.7 Å². The molecule has 0 fully saturated rings. The van der Waals surface area contributed by atoms with Crippen LogP contribution in [0.15, 0.2) is 53.5 Å². The Morgan fingerprint density at radius 3 is 2.50 bits per heavy atom. The van der Waals surface area contributed by atoms with Gasteiger partial charge < -0.3 is 14.6 Å². The van der Waals surface area contributed by atoms with Crippen LogP contribution in [0.5, 0.6) is 5.88 Å². The Bertz CT molecular complexity index is 926. The molecule has 0 spiro atoms. The van der Waals surface area contributed by atoms with E-state index in [-0.39, 0.29) is 5.56 Å². The highest BCUT2D eigenvalue weighted by atomic mass is 16.5. The molecular weight excluding hydrogens is 328 g/mol. The predicted molar refractivity (Wildman–Crippen MR) is 101 cm³/mol. The molecule has 0 aliphatic rings. The molecule has 0 radical (unpaired) electrons. The number of rotatable bonds is 7. The quantitative estimate of drug-likeness (QED) is 0.708. The molecule has 2 heterocycles. The summed E-state index contributed by atoms with van der Waals surface area (Å²) in [6.45, 7) is 4.02. The van der Waals surface area contributed by atoms with Gasteiger partial charge in [0.15, 0.2) is 0 Å². The third-order valence-corrected chi connectivity index (χ3v) is 4.39. The highest BCUT2D eigenvalue weighted by Gasteiger charge is 2.12. The number of pyridine rings is 1. The van der Waals surface area contributed by atoms with Crippen molar-refractivity contribution < 1.29 is 4.74 Å². The van der Waals surface area contributed by atoms with Crippen molar-refractivity contribution >= 4 is 0 Å². The minimum Gasteiger partial charge on any atom is -0.481 e. The molecule has 6 heteroatoms. The summed E-state index contributed by atoms with van der Waals surface area (Å²) in [6, 6.07) is 13.5. The summed E-state index contributed by atoms with van der Waals surface area (Å²) >= 11 is 0. The van der Waals surface area contributed by atoms with Crippen molar-refractivity contribution in [3.8, 4) is 5.88 Å². The Balaban J connectivity index is 1.58. The number of ether oxygens (including phenoxy) is 1. The zero-order valence-corrected chi connectivity index (χ0v) is 15.4. The standard InChI is InChI=1S/C20H24N4O2/c1-15-18(20(26-3)23(2)22-15)13-21-12-16-7-9-17(10-8-16)14-24-11-5-4-6-19(24)25/h4-11,21H,12-14H2,1-3H3. The first-order chi connectivity index (χ1) is 12.6. The van der Waals surface area contributed by atoms with Gasteiger partial charge in [-0.2, -0.15) is 5.10 Å². The molecule has 3 rings (SSSR count). The van der Waals surface area contributed by atoms with E-state index >= 15 is 0 Å². The van der Waals surface area contributed by atoms with Crippen molar-refractivity contribution in [3.05, 3.63) is 81.4 Å². The van der Waals surface area contributed by atoms with Crippen LogP contribution in [0.2, 0.25) is 0 Å². The zero-order chi connectivity index (χ0) is 18.5. The average molecular weight is 352 g/mol. The third-order valence-electron chi connectivity index (χ3n) is 4.39. The van der Waals surface area contributed by atoms with E-state index in [2.05, 4.69) is 34.7 Å². The van der Waals surface area contributed by atoms with Gasteiger partial charge in [-0.3, -0.25) is 4.79 Å². The highest BCUT2D eigenvalue weighted by Crippen LogP contribution is 2.20. The van der Waals surface area contributed by atoms with E-state index in [1.807, 2.05) is 20.0 Å². The second kappa shape index (κ2) is 8.01. The Kier molecular flexibility index (Phi) is 5.53. The monoisotopic (exact) mass is 352 g/mol. The van der Waals surface area contributed by atoms with E-state index in [1.54, 1.807) is 34.7 Å². The van der Waals surface area contributed by atoms with Crippen molar-refractivity contribution in [2.75, 3.05) is 7.11 Å². The third kappa shape index (κ3) is 4.03. The number of nitrogens with zero attached hydrogens (tertiary/aromatic N) is 3. The van der Waals surface area contributed by atoms with Crippen LogP contribution in [0.25, 0.3) is 0 Å². The van der Waals surface area contributed by atoms with Gasteiger partial charge in [-0.05, 0) is 24.1 Å². The molecule has 1 aromatic carbocycles. The smallest absolute Gasteiger partial charge is 0.250 e. The Labute approximate surface area is 153 Å². The van der Waals surface area contributed by atoms with Crippen LogP contribution in [0.4, 0.5) is 0 Å². The van der Waals surface area contributed by atoms with Crippen LogP contribution >= 0.6 is 0 Å². The van der Waals surface area contributed by atoms with Gasteiger partial charge in [-0.1, -0.05) is 30.3 Å². The molecule has 0 saturated heterocycles. The zero-order valence-electron chi connectivity index (χ0n) is 15.4. The first kappa shape index (κ1) is 17.9. The molecule has 1 N–H and O–H groups in total. The topological polar surface area (TPSA) is 61.1 Å². The maximum Gasteiger partial charge on any atom is 0.250 e. The molecule has 3 aromatic rings. The molecule has 136 valence electrons. The second-order valence-electron chi connectivity index (χ2n) is 6.28. The number of nitrogens with one attached hydrogen (secondary N) is 1. The van der Waals surface area contributed by atoms with Crippen LogP contribution in [-0.4, -0.2) is 21.5 Å². The fourth-order valence-electron chi connectivity index (χ4n) is 3.02. The van der Waals surface area contributed by atoms with Crippen molar-refractivity contribution in [2.45, 2.75) is 26.6 Å². The average Bonchev–Trinajstić information content (AvgIpc) is 2.91. The van der Waals surface area contributed by atoms with Crippen molar-refractivity contribution in [1.29, 1.82) is 0 Å². The number of methoxy groups -OCH3 is 1. The number of hydrogen-bond donors (Lipinski definition) is 1. The minimum absolute atomic E-state index is 0.0130. The predicted octanol–water partition coefficient (Wildman–Crippen LogP) is 2.24. The van der Waals surface area contributed by atoms with E-state index in [9.17, 15) is 4.79 Å². The minimum atomic E-state index is 0.0130. The fraction of sp³-hybridized carbons (Fsp3) is 0.300. The summed E-state index contributed by atoms with van der Waals surface area (Å²) in [5, 5.41) is 7.83. The van der Waals surface area contributed by atoms with E-state index in [0.717, 1.165) is 29.2 Å². The molecule has 0 saturated carbocycles. The number of benzene rings is 1. The lowest BCUT2D eigenvalue weighted by atomic mass is 10.1. The van der Waals surface area contributed by atoms with Crippen molar-refractivity contribution in [1.82, 2.24) is 19.7 Å². The molecule has 0 atom stereocenters. The van der Waals surface area contributed by atoms with Gasteiger partial charge in [-0.25, -0.2) is 4.68 Å². The largest absolute Gasteiger partial charge is 0.481 e. The molecular formula is C20H24N4O2. The van der Waals surface area contributed by atoms with Gasteiger partial charge in [0.1, 0.15) is 0 Å². The second-order valence-corrected chi connectivity index (χ2v) is 6.28. The van der Waals surface area contributed by atoms with E-state index in [4.69, 9.17) is 4.74 Å². The lowest BCUT2D eigenvalue weighted by molar-refractivity contribution is 0.368. The summed E-state index contributed by atoms with van der Waals surface area (Å²) in [5.74, 6) is 0.790. The Morgan fingerprint density at radius 1 is 1.08 bits per heavy atom. The summed E-state index contributed by atoms with van der Waals surface area (Å²) in [6.07, 6.45) is 1.81. The van der Waals surface area contributed by atoms with Crippen LogP contribution in [0.1, 0.15) is 22.4 Å². The Morgan fingerprint density at radius 2 is 1.81 bits per heavy atom. The molecule has 6 nitrogen and oxygen atoms in total. The lowest BCUT2D eigenvalue weighted by Crippen LogP contribution is -2.18. The van der Waals surface area contributed by atoms with Crippen LogP contribution in [0, 0.1) is 6.92 Å². The van der Waals surface area contributed by atoms with Gasteiger partial charge in [0.25, 0.3) is 5.56 Å². The van der Waals surface area contributed by atoms with Gasteiger partial charge in [0, 0.05) is 32.4 Å².